The lowest BCUT2D eigenvalue weighted by molar-refractivity contribution is -0.141. The maximum Gasteiger partial charge on any atom is 0.434 e. The second kappa shape index (κ2) is 6.15. The van der Waals surface area contributed by atoms with E-state index < -0.39 is 17.7 Å². The molecule has 1 amide bonds. The predicted octanol–water partition coefficient (Wildman–Crippen LogP) is 3.42. The zero-order valence-electron chi connectivity index (χ0n) is 12.9. The third-order valence-corrected chi connectivity index (χ3v) is 3.51. The summed E-state index contributed by atoms with van der Waals surface area (Å²) in [7, 11) is 0. The van der Waals surface area contributed by atoms with Gasteiger partial charge in [-0.15, -0.1) is 0 Å². The SMILES string of the molecule is CC(=O)NCc1cc2cc(F)c(-c3cnc(C(F)(F)F)cn3)cc2[nH]1. The summed E-state index contributed by atoms with van der Waals surface area (Å²) in [6.07, 6.45) is -3.16. The van der Waals surface area contributed by atoms with Crippen molar-refractivity contribution in [2.75, 3.05) is 0 Å². The first-order valence-corrected chi connectivity index (χ1v) is 7.19. The van der Waals surface area contributed by atoms with Crippen molar-refractivity contribution >= 4 is 16.8 Å². The Morgan fingerprint density at radius 1 is 1.20 bits per heavy atom. The van der Waals surface area contributed by atoms with Crippen LogP contribution >= 0.6 is 0 Å². The first-order valence-electron chi connectivity index (χ1n) is 7.19. The third kappa shape index (κ3) is 3.59. The normalized spacial score (nSPS) is 11.7. The van der Waals surface area contributed by atoms with Crippen LogP contribution in [0.4, 0.5) is 17.6 Å². The summed E-state index contributed by atoms with van der Waals surface area (Å²) in [5.41, 5.74) is 0.112. The highest BCUT2D eigenvalue weighted by atomic mass is 19.4. The molecule has 0 aliphatic heterocycles. The quantitative estimate of drug-likeness (QED) is 0.710. The van der Waals surface area contributed by atoms with E-state index >= 15 is 0 Å². The average Bonchev–Trinajstić information content (AvgIpc) is 2.93. The van der Waals surface area contributed by atoms with Crippen molar-refractivity contribution in [3.63, 3.8) is 0 Å². The number of hydrogen-bond acceptors (Lipinski definition) is 3. The van der Waals surface area contributed by atoms with E-state index in [1.165, 1.54) is 19.1 Å². The van der Waals surface area contributed by atoms with Crippen LogP contribution in [-0.4, -0.2) is 20.9 Å². The van der Waals surface area contributed by atoms with Gasteiger partial charge in [-0.2, -0.15) is 13.2 Å². The fraction of sp³-hybridized carbons (Fsp3) is 0.188. The van der Waals surface area contributed by atoms with Gasteiger partial charge in [-0.3, -0.25) is 9.78 Å². The lowest BCUT2D eigenvalue weighted by atomic mass is 10.1. The summed E-state index contributed by atoms with van der Waals surface area (Å²) in [6.45, 7) is 1.63. The first kappa shape index (κ1) is 16.9. The van der Waals surface area contributed by atoms with Crippen molar-refractivity contribution in [3.8, 4) is 11.3 Å². The molecule has 0 radical (unpaired) electrons. The Balaban J connectivity index is 1.96. The van der Waals surface area contributed by atoms with E-state index in [0.717, 1.165) is 6.20 Å². The molecule has 1 aromatic carbocycles. The molecule has 2 N–H and O–H groups in total. The number of benzene rings is 1. The largest absolute Gasteiger partial charge is 0.434 e. The summed E-state index contributed by atoms with van der Waals surface area (Å²) < 4.78 is 51.9. The molecule has 0 saturated heterocycles. The molecule has 0 unspecified atom stereocenters. The number of carbonyl (C=O) groups is 1. The molecule has 0 aliphatic carbocycles. The van der Waals surface area contributed by atoms with Crippen LogP contribution in [0.2, 0.25) is 0 Å². The molecule has 3 aromatic rings. The van der Waals surface area contributed by atoms with Crippen LogP contribution in [0.5, 0.6) is 0 Å². The highest BCUT2D eigenvalue weighted by Crippen LogP contribution is 2.30. The van der Waals surface area contributed by atoms with Crippen molar-refractivity contribution in [2.45, 2.75) is 19.6 Å². The Morgan fingerprint density at radius 2 is 1.96 bits per heavy atom. The van der Waals surface area contributed by atoms with E-state index in [4.69, 9.17) is 0 Å². The van der Waals surface area contributed by atoms with Gasteiger partial charge in [0.05, 0.1) is 24.6 Å². The second-order valence-corrected chi connectivity index (χ2v) is 5.41. The van der Waals surface area contributed by atoms with Gasteiger partial charge in [0, 0.05) is 29.1 Å². The maximum atomic E-state index is 14.3. The van der Waals surface area contributed by atoms with Gasteiger partial charge in [0.25, 0.3) is 0 Å². The Kier molecular flexibility index (Phi) is 4.15. The van der Waals surface area contributed by atoms with Gasteiger partial charge in [-0.1, -0.05) is 0 Å². The molecule has 25 heavy (non-hydrogen) atoms. The van der Waals surface area contributed by atoms with E-state index in [2.05, 4.69) is 20.3 Å². The number of H-pyrrole nitrogens is 1. The van der Waals surface area contributed by atoms with Crippen molar-refractivity contribution in [1.29, 1.82) is 0 Å². The van der Waals surface area contributed by atoms with Gasteiger partial charge in [0.15, 0.2) is 5.69 Å². The number of nitrogens with zero attached hydrogens (tertiary/aromatic N) is 2. The van der Waals surface area contributed by atoms with Gasteiger partial charge in [-0.05, 0) is 18.2 Å². The molecule has 0 spiro atoms. The van der Waals surface area contributed by atoms with Crippen molar-refractivity contribution in [3.05, 3.63) is 47.8 Å². The summed E-state index contributed by atoms with van der Waals surface area (Å²) in [6, 6.07) is 4.37. The fourth-order valence-electron chi connectivity index (χ4n) is 2.34. The maximum absolute atomic E-state index is 14.3. The molecule has 0 aliphatic rings. The molecule has 9 heteroatoms. The first-order chi connectivity index (χ1) is 11.7. The number of aromatic nitrogens is 3. The molecule has 2 aromatic heterocycles. The van der Waals surface area contributed by atoms with Gasteiger partial charge < -0.3 is 10.3 Å². The molecule has 2 heterocycles. The number of amides is 1. The fourth-order valence-corrected chi connectivity index (χ4v) is 2.34. The Hall–Kier alpha value is -2.97. The van der Waals surface area contributed by atoms with Crippen LogP contribution in [0, 0.1) is 5.82 Å². The number of fused-ring (bicyclic) bond motifs is 1. The molecular weight excluding hydrogens is 340 g/mol. The standard InChI is InChI=1S/C16H12F4N4O/c1-8(25)21-5-10-2-9-3-12(17)11(4-13(9)24-10)14-6-23-15(7-22-14)16(18,19)20/h2-4,6-7,24H,5H2,1H3,(H,21,25). The van der Waals surface area contributed by atoms with E-state index in [-0.39, 0.29) is 23.7 Å². The summed E-state index contributed by atoms with van der Waals surface area (Å²) in [4.78, 5) is 20.9. The molecular formula is C16H12F4N4O. The van der Waals surface area contributed by atoms with Crippen molar-refractivity contribution < 1.29 is 22.4 Å². The molecule has 0 atom stereocenters. The molecule has 130 valence electrons. The van der Waals surface area contributed by atoms with Crippen molar-refractivity contribution in [2.24, 2.45) is 0 Å². The number of hydrogen-bond donors (Lipinski definition) is 2. The van der Waals surface area contributed by atoms with Crippen molar-refractivity contribution in [1.82, 2.24) is 20.3 Å². The van der Waals surface area contributed by atoms with E-state index in [0.29, 0.717) is 22.8 Å². The van der Waals surface area contributed by atoms with Crippen LogP contribution in [-0.2, 0) is 17.5 Å². The smallest absolute Gasteiger partial charge is 0.357 e. The van der Waals surface area contributed by atoms with Crippen LogP contribution in [0.1, 0.15) is 18.3 Å². The molecule has 0 bridgehead atoms. The minimum Gasteiger partial charge on any atom is -0.357 e. The highest BCUT2D eigenvalue weighted by molar-refractivity contribution is 5.85. The number of halogens is 4. The second-order valence-electron chi connectivity index (χ2n) is 5.41. The number of nitrogens with one attached hydrogen (secondary N) is 2. The van der Waals surface area contributed by atoms with Gasteiger partial charge in [-0.25, -0.2) is 9.37 Å². The summed E-state index contributed by atoms with van der Waals surface area (Å²) in [5.74, 6) is -0.836. The monoisotopic (exact) mass is 352 g/mol. The average molecular weight is 352 g/mol. The number of carbonyl (C=O) groups excluding carboxylic acids is 1. The molecule has 0 fully saturated rings. The Morgan fingerprint density at radius 3 is 2.56 bits per heavy atom. The molecule has 3 rings (SSSR count). The summed E-state index contributed by atoms with van der Waals surface area (Å²) in [5, 5.41) is 3.18. The Bertz CT molecular complexity index is 932. The summed E-state index contributed by atoms with van der Waals surface area (Å²) >= 11 is 0. The van der Waals surface area contributed by atoms with E-state index in [1.54, 1.807) is 6.07 Å². The van der Waals surface area contributed by atoms with Gasteiger partial charge in [0.2, 0.25) is 5.91 Å². The number of rotatable bonds is 3. The van der Waals surface area contributed by atoms with Gasteiger partial charge in [0.1, 0.15) is 5.82 Å². The lowest BCUT2D eigenvalue weighted by Crippen LogP contribution is -2.18. The Labute approximate surface area is 139 Å². The molecule has 0 saturated carbocycles. The highest BCUT2D eigenvalue weighted by Gasteiger charge is 2.32. The van der Waals surface area contributed by atoms with Gasteiger partial charge >= 0.3 is 6.18 Å². The van der Waals surface area contributed by atoms with Crippen LogP contribution in [0.25, 0.3) is 22.2 Å². The zero-order valence-corrected chi connectivity index (χ0v) is 12.9. The predicted molar refractivity (Wildman–Crippen MR) is 81.8 cm³/mol. The van der Waals surface area contributed by atoms with Crippen LogP contribution in [0.3, 0.4) is 0 Å². The van der Waals surface area contributed by atoms with Crippen LogP contribution < -0.4 is 5.32 Å². The zero-order chi connectivity index (χ0) is 18.2. The lowest BCUT2D eigenvalue weighted by Gasteiger charge is -2.07. The van der Waals surface area contributed by atoms with E-state index in [9.17, 15) is 22.4 Å². The molecule has 5 nitrogen and oxygen atoms in total. The topological polar surface area (TPSA) is 70.7 Å². The number of aromatic amines is 1. The third-order valence-electron chi connectivity index (χ3n) is 3.51. The van der Waals surface area contributed by atoms with E-state index in [1.807, 2.05) is 0 Å². The minimum atomic E-state index is -4.61. The number of alkyl halides is 3. The minimum absolute atomic E-state index is 0.00888. The van der Waals surface area contributed by atoms with Crippen LogP contribution in [0.15, 0.2) is 30.6 Å².